The summed E-state index contributed by atoms with van der Waals surface area (Å²) >= 11 is 0. The first kappa shape index (κ1) is 20.8. The van der Waals surface area contributed by atoms with E-state index in [0.29, 0.717) is 28.8 Å². The Bertz CT molecular complexity index is 1240. The van der Waals surface area contributed by atoms with E-state index in [2.05, 4.69) is 0 Å². The van der Waals surface area contributed by atoms with Crippen LogP contribution in [0, 0.1) is 23.7 Å². The molecule has 2 aliphatic carbocycles. The third kappa shape index (κ3) is 3.35. The number of amides is 2. The molecule has 3 aromatic rings. The Morgan fingerprint density at radius 3 is 2.03 bits per heavy atom. The van der Waals surface area contributed by atoms with Gasteiger partial charge in [0.25, 0.3) is 0 Å². The maximum Gasteiger partial charge on any atom is 0.238 e. The van der Waals surface area contributed by atoms with Crippen LogP contribution in [-0.2, 0) is 9.59 Å². The molecule has 0 spiro atoms. The molecule has 3 fully saturated rings. The third-order valence-corrected chi connectivity index (χ3v) is 7.71. The Morgan fingerprint density at radius 2 is 1.35 bits per heavy atom. The van der Waals surface area contributed by atoms with Crippen molar-refractivity contribution in [2.45, 2.75) is 19.3 Å². The van der Waals surface area contributed by atoms with Crippen molar-refractivity contribution in [2.75, 3.05) is 11.5 Å². The maximum absolute atomic E-state index is 13.2. The molecular formula is C29H25NO4. The summed E-state index contributed by atoms with van der Waals surface area (Å²) in [7, 11) is 0. The molecule has 4 unspecified atom stereocenters. The predicted octanol–water partition coefficient (Wildman–Crippen LogP) is 5.15. The second kappa shape index (κ2) is 8.24. The SMILES string of the molecule is O=C(COc1ccccc1N1C(=O)C2C3CCC(C3)C2C1=O)c1ccc(-c2ccccc2)cc1. The van der Waals surface area contributed by atoms with Crippen molar-refractivity contribution in [3.63, 3.8) is 0 Å². The highest BCUT2D eigenvalue weighted by Gasteiger charge is 2.61. The minimum Gasteiger partial charge on any atom is -0.483 e. The first-order valence-corrected chi connectivity index (χ1v) is 11.9. The smallest absolute Gasteiger partial charge is 0.238 e. The van der Waals surface area contributed by atoms with Crippen molar-refractivity contribution in [1.29, 1.82) is 0 Å². The van der Waals surface area contributed by atoms with E-state index in [4.69, 9.17) is 4.74 Å². The highest BCUT2D eigenvalue weighted by molar-refractivity contribution is 6.23. The minimum absolute atomic E-state index is 0.110. The molecule has 2 amide bonds. The number of carbonyl (C=O) groups is 3. The summed E-state index contributed by atoms with van der Waals surface area (Å²) in [5.74, 6) is 0.263. The standard InChI is InChI=1S/C29H25NO4/c31-24(20-12-10-19(11-13-20)18-6-2-1-3-7-18)17-34-25-9-5-4-8-23(25)30-28(32)26-21-14-15-22(16-21)27(26)29(30)33/h1-13,21-22,26-27H,14-17H2. The van der Waals surface area contributed by atoms with E-state index in [9.17, 15) is 14.4 Å². The van der Waals surface area contributed by atoms with Gasteiger partial charge in [-0.2, -0.15) is 0 Å². The van der Waals surface area contributed by atoms with Gasteiger partial charge in [-0.1, -0.05) is 66.7 Å². The summed E-state index contributed by atoms with van der Waals surface area (Å²) in [4.78, 5) is 40.6. The molecule has 1 heterocycles. The van der Waals surface area contributed by atoms with Crippen LogP contribution in [0.5, 0.6) is 5.75 Å². The summed E-state index contributed by atoms with van der Waals surface area (Å²) < 4.78 is 5.87. The number of nitrogens with zero attached hydrogens (tertiary/aromatic N) is 1. The molecule has 3 aromatic carbocycles. The van der Waals surface area contributed by atoms with E-state index in [-0.39, 0.29) is 36.0 Å². The van der Waals surface area contributed by atoms with Crippen molar-refractivity contribution < 1.29 is 19.1 Å². The average Bonchev–Trinajstić information content (AvgIpc) is 3.57. The van der Waals surface area contributed by atoms with Gasteiger partial charge in [-0.3, -0.25) is 14.4 Å². The maximum atomic E-state index is 13.2. The van der Waals surface area contributed by atoms with Crippen molar-refractivity contribution in [2.24, 2.45) is 23.7 Å². The molecule has 3 aliphatic rings. The average molecular weight is 452 g/mol. The van der Waals surface area contributed by atoms with Gasteiger partial charge in [0.2, 0.25) is 11.8 Å². The molecule has 4 atom stereocenters. The Hall–Kier alpha value is -3.73. The van der Waals surface area contributed by atoms with Crippen molar-refractivity contribution in [1.82, 2.24) is 0 Å². The van der Waals surface area contributed by atoms with Gasteiger partial charge < -0.3 is 4.74 Å². The summed E-state index contributed by atoms with van der Waals surface area (Å²) in [6.07, 6.45) is 3.07. The second-order valence-corrected chi connectivity index (χ2v) is 9.52. The molecule has 2 bridgehead atoms. The van der Waals surface area contributed by atoms with Crippen LogP contribution >= 0.6 is 0 Å². The quantitative estimate of drug-likeness (QED) is 0.384. The number of imide groups is 1. The zero-order valence-corrected chi connectivity index (χ0v) is 18.7. The summed E-state index contributed by atoms with van der Waals surface area (Å²) in [6, 6.07) is 24.4. The van der Waals surface area contributed by atoms with Gasteiger partial charge in [-0.15, -0.1) is 0 Å². The first-order valence-electron chi connectivity index (χ1n) is 11.9. The van der Waals surface area contributed by atoms with E-state index in [0.717, 1.165) is 30.4 Å². The number of rotatable bonds is 6. The Kier molecular flexibility index (Phi) is 5.05. The van der Waals surface area contributed by atoms with Gasteiger partial charge in [-0.25, -0.2) is 4.90 Å². The molecule has 0 radical (unpaired) electrons. The fourth-order valence-corrected chi connectivity index (χ4v) is 6.12. The van der Waals surface area contributed by atoms with Crippen molar-refractivity contribution >= 4 is 23.3 Å². The number of carbonyl (C=O) groups excluding carboxylic acids is 3. The topological polar surface area (TPSA) is 63.7 Å². The molecule has 34 heavy (non-hydrogen) atoms. The van der Waals surface area contributed by atoms with Crippen LogP contribution in [0.25, 0.3) is 11.1 Å². The number of fused-ring (bicyclic) bond motifs is 5. The monoisotopic (exact) mass is 451 g/mol. The van der Waals surface area contributed by atoms with E-state index < -0.39 is 0 Å². The largest absolute Gasteiger partial charge is 0.483 e. The molecule has 1 aliphatic heterocycles. The molecule has 5 heteroatoms. The molecule has 0 aromatic heterocycles. The van der Waals surface area contributed by atoms with Crippen molar-refractivity contribution in [3.05, 3.63) is 84.4 Å². The van der Waals surface area contributed by atoms with Gasteiger partial charge >= 0.3 is 0 Å². The first-order chi connectivity index (χ1) is 16.6. The highest BCUT2D eigenvalue weighted by Crippen LogP contribution is 2.57. The number of para-hydroxylation sites is 2. The molecule has 2 saturated carbocycles. The molecule has 5 nitrogen and oxygen atoms in total. The van der Waals surface area contributed by atoms with Gasteiger partial charge in [0.1, 0.15) is 5.75 Å². The molecule has 6 rings (SSSR count). The normalized spacial score (nSPS) is 25.0. The lowest BCUT2D eigenvalue weighted by Gasteiger charge is -2.20. The second-order valence-electron chi connectivity index (χ2n) is 9.52. The summed E-state index contributed by atoms with van der Waals surface area (Å²) in [5.41, 5.74) is 3.12. The molecule has 170 valence electrons. The number of ether oxygens (including phenoxy) is 1. The lowest BCUT2D eigenvalue weighted by atomic mass is 9.81. The van der Waals surface area contributed by atoms with Crippen LogP contribution in [0.15, 0.2) is 78.9 Å². The number of anilines is 1. The van der Waals surface area contributed by atoms with Gasteiger partial charge in [0, 0.05) is 5.56 Å². The van der Waals surface area contributed by atoms with Gasteiger partial charge in [-0.05, 0) is 54.4 Å². The van der Waals surface area contributed by atoms with Crippen LogP contribution in [0.4, 0.5) is 5.69 Å². The summed E-state index contributed by atoms with van der Waals surface area (Å²) in [5, 5.41) is 0. The number of benzene rings is 3. The number of hydrogen-bond donors (Lipinski definition) is 0. The van der Waals surface area contributed by atoms with Gasteiger partial charge in [0.05, 0.1) is 17.5 Å². The van der Waals surface area contributed by atoms with E-state index >= 15 is 0 Å². The lowest BCUT2D eigenvalue weighted by Crippen LogP contribution is -2.33. The van der Waals surface area contributed by atoms with E-state index in [1.54, 1.807) is 36.4 Å². The zero-order valence-electron chi connectivity index (χ0n) is 18.7. The third-order valence-electron chi connectivity index (χ3n) is 7.71. The van der Waals surface area contributed by atoms with Gasteiger partial charge in [0.15, 0.2) is 12.4 Å². The van der Waals surface area contributed by atoms with Crippen LogP contribution in [0.1, 0.15) is 29.6 Å². The van der Waals surface area contributed by atoms with Crippen LogP contribution in [0.2, 0.25) is 0 Å². The van der Waals surface area contributed by atoms with E-state index in [1.807, 2.05) is 42.5 Å². The molecule has 0 N–H and O–H groups in total. The lowest BCUT2D eigenvalue weighted by molar-refractivity contribution is -0.123. The zero-order chi connectivity index (χ0) is 23.2. The molecule has 1 saturated heterocycles. The Labute approximate surface area is 198 Å². The fourth-order valence-electron chi connectivity index (χ4n) is 6.12. The van der Waals surface area contributed by atoms with Crippen molar-refractivity contribution in [3.8, 4) is 16.9 Å². The summed E-state index contributed by atoms with van der Waals surface area (Å²) in [6.45, 7) is -0.171. The van der Waals surface area contributed by atoms with Crippen LogP contribution in [0.3, 0.4) is 0 Å². The number of hydrogen-bond acceptors (Lipinski definition) is 4. The van der Waals surface area contributed by atoms with E-state index in [1.165, 1.54) is 4.90 Å². The highest BCUT2D eigenvalue weighted by atomic mass is 16.5. The number of ketones is 1. The Balaban J connectivity index is 1.18. The number of Topliss-reactive ketones (excluding diaryl/α,β-unsaturated/α-hetero) is 1. The minimum atomic E-state index is -0.191. The predicted molar refractivity (Wildman–Crippen MR) is 128 cm³/mol. The Morgan fingerprint density at radius 1 is 0.765 bits per heavy atom. The fraction of sp³-hybridized carbons (Fsp3) is 0.276. The van der Waals surface area contributed by atoms with Crippen LogP contribution < -0.4 is 9.64 Å². The molecular weight excluding hydrogens is 426 g/mol. The van der Waals surface area contributed by atoms with Crippen LogP contribution in [-0.4, -0.2) is 24.2 Å².